The molecule has 0 bridgehead atoms. The van der Waals surface area contributed by atoms with Crippen LogP contribution in [-0.2, 0) is 9.53 Å². The van der Waals surface area contributed by atoms with Crippen molar-refractivity contribution in [3.63, 3.8) is 0 Å². The molecule has 9 heteroatoms. The van der Waals surface area contributed by atoms with Crippen LogP contribution in [0.3, 0.4) is 0 Å². The number of methoxy groups -OCH3 is 2. The minimum atomic E-state index is -0.338. The van der Waals surface area contributed by atoms with Crippen LogP contribution in [0.1, 0.15) is 24.9 Å². The molecule has 3 rings (SSSR count). The lowest BCUT2D eigenvalue weighted by molar-refractivity contribution is -0.134. The predicted molar refractivity (Wildman–Crippen MR) is 102 cm³/mol. The van der Waals surface area contributed by atoms with Gasteiger partial charge in [0.25, 0.3) is 0 Å². The highest BCUT2D eigenvalue weighted by Gasteiger charge is 2.35. The Hall–Kier alpha value is -2.52. The summed E-state index contributed by atoms with van der Waals surface area (Å²) >= 11 is 0. The topological polar surface area (TPSA) is 92.4 Å². The van der Waals surface area contributed by atoms with E-state index in [0.29, 0.717) is 39.2 Å². The Morgan fingerprint density at radius 3 is 2.43 bits per heavy atom. The Bertz CT molecular complexity index is 706. The third-order valence-corrected chi connectivity index (χ3v) is 5.13. The summed E-state index contributed by atoms with van der Waals surface area (Å²) in [5.41, 5.74) is 7.24. The number of amides is 2. The smallest absolute Gasteiger partial charge is 0.409 e. The summed E-state index contributed by atoms with van der Waals surface area (Å²) in [6, 6.07) is 5.22. The average Bonchev–Trinajstić information content (AvgIpc) is 3.23. The third-order valence-electron chi connectivity index (χ3n) is 5.13. The monoisotopic (exact) mass is 392 g/mol. The van der Waals surface area contributed by atoms with Crippen LogP contribution in [0.25, 0.3) is 0 Å². The van der Waals surface area contributed by atoms with Gasteiger partial charge in [0.2, 0.25) is 5.91 Å². The average molecular weight is 392 g/mol. The summed E-state index contributed by atoms with van der Waals surface area (Å²) in [6.07, 6.45) is 0.279. The molecule has 2 saturated heterocycles. The van der Waals surface area contributed by atoms with Crippen molar-refractivity contribution in [2.24, 2.45) is 0 Å². The predicted octanol–water partition coefficient (Wildman–Crippen LogP) is 0.912. The Kier molecular flexibility index (Phi) is 6.58. The molecule has 0 aliphatic carbocycles. The van der Waals surface area contributed by atoms with Gasteiger partial charge in [-0.25, -0.2) is 15.6 Å². The van der Waals surface area contributed by atoms with Gasteiger partial charge in [-0.1, -0.05) is 0 Å². The van der Waals surface area contributed by atoms with Crippen molar-refractivity contribution < 1.29 is 23.8 Å². The molecule has 2 N–H and O–H groups in total. The van der Waals surface area contributed by atoms with Gasteiger partial charge in [0, 0.05) is 31.7 Å². The van der Waals surface area contributed by atoms with Crippen LogP contribution < -0.4 is 20.3 Å². The molecule has 154 valence electrons. The van der Waals surface area contributed by atoms with E-state index < -0.39 is 0 Å². The van der Waals surface area contributed by atoms with Crippen molar-refractivity contribution >= 4 is 12.0 Å². The first-order valence-electron chi connectivity index (χ1n) is 9.50. The van der Waals surface area contributed by atoms with Crippen LogP contribution in [-0.4, -0.2) is 74.8 Å². The lowest BCUT2D eigenvalue weighted by Gasteiger charge is -2.35. The van der Waals surface area contributed by atoms with Gasteiger partial charge in [-0.15, -0.1) is 0 Å². The van der Waals surface area contributed by atoms with E-state index in [-0.39, 0.29) is 24.1 Å². The Balaban J connectivity index is 1.59. The fraction of sp³-hybridized carbons (Fsp3) is 0.579. The van der Waals surface area contributed by atoms with Crippen molar-refractivity contribution in [2.75, 3.05) is 47.0 Å². The van der Waals surface area contributed by atoms with E-state index in [9.17, 15) is 9.59 Å². The molecule has 1 aromatic carbocycles. The minimum absolute atomic E-state index is 0.0281. The fourth-order valence-corrected chi connectivity index (χ4v) is 3.58. The first-order valence-corrected chi connectivity index (χ1v) is 9.50. The number of benzene rings is 1. The molecule has 2 atom stereocenters. The quantitative estimate of drug-likeness (QED) is 0.770. The molecule has 2 heterocycles. The van der Waals surface area contributed by atoms with E-state index in [0.717, 1.165) is 17.1 Å². The number of carbonyl (C=O) groups excluding carboxylic acids is 2. The van der Waals surface area contributed by atoms with E-state index in [1.54, 1.807) is 30.9 Å². The van der Waals surface area contributed by atoms with Gasteiger partial charge in [-0.05, 0) is 31.5 Å². The number of hydrazine groups is 1. The summed E-state index contributed by atoms with van der Waals surface area (Å²) in [5, 5.41) is 0. The molecule has 0 saturated carbocycles. The second kappa shape index (κ2) is 9.11. The van der Waals surface area contributed by atoms with E-state index in [4.69, 9.17) is 14.2 Å². The van der Waals surface area contributed by atoms with Crippen LogP contribution in [0.2, 0.25) is 0 Å². The number of rotatable bonds is 5. The van der Waals surface area contributed by atoms with Crippen molar-refractivity contribution in [2.45, 2.75) is 25.4 Å². The van der Waals surface area contributed by atoms with Crippen molar-refractivity contribution in [3.8, 4) is 11.5 Å². The normalized spacial score (nSPS) is 22.1. The molecule has 9 nitrogen and oxygen atoms in total. The van der Waals surface area contributed by atoms with Gasteiger partial charge in [0.15, 0.2) is 0 Å². The lowest BCUT2D eigenvalue weighted by Crippen LogP contribution is -2.54. The van der Waals surface area contributed by atoms with Crippen molar-refractivity contribution in [3.05, 3.63) is 23.8 Å². The Morgan fingerprint density at radius 1 is 1.07 bits per heavy atom. The maximum Gasteiger partial charge on any atom is 0.409 e. The molecule has 2 fully saturated rings. The SMILES string of the molecule is CCOC(=O)N1CCN(C(=O)C2CC(c3cc(OC)ccc3OC)NN2)CC1. The zero-order chi connectivity index (χ0) is 20.1. The molecule has 2 aliphatic heterocycles. The highest BCUT2D eigenvalue weighted by Crippen LogP contribution is 2.33. The van der Waals surface area contributed by atoms with Gasteiger partial charge in [-0.3, -0.25) is 4.79 Å². The van der Waals surface area contributed by atoms with Crippen LogP contribution in [0.4, 0.5) is 4.79 Å². The molecule has 0 spiro atoms. The maximum absolute atomic E-state index is 12.9. The molecule has 0 aromatic heterocycles. The van der Waals surface area contributed by atoms with Crippen molar-refractivity contribution in [1.29, 1.82) is 0 Å². The van der Waals surface area contributed by atoms with E-state index >= 15 is 0 Å². The Morgan fingerprint density at radius 2 is 1.79 bits per heavy atom. The lowest BCUT2D eigenvalue weighted by atomic mass is 10.00. The highest BCUT2D eigenvalue weighted by atomic mass is 16.6. The van der Waals surface area contributed by atoms with Gasteiger partial charge < -0.3 is 24.0 Å². The number of hydrogen-bond donors (Lipinski definition) is 2. The molecular formula is C19H28N4O5. The van der Waals surface area contributed by atoms with Crippen LogP contribution in [0.15, 0.2) is 18.2 Å². The summed E-state index contributed by atoms with van der Waals surface area (Å²) in [7, 11) is 3.24. The van der Waals surface area contributed by atoms with Crippen molar-refractivity contribution in [1.82, 2.24) is 20.7 Å². The third kappa shape index (κ3) is 4.31. The van der Waals surface area contributed by atoms with E-state index in [1.165, 1.54) is 0 Å². The summed E-state index contributed by atoms with van der Waals surface area (Å²) in [6.45, 7) is 4.11. The summed E-state index contributed by atoms with van der Waals surface area (Å²) < 4.78 is 15.8. The van der Waals surface area contributed by atoms with Gasteiger partial charge >= 0.3 is 6.09 Å². The molecule has 28 heavy (non-hydrogen) atoms. The van der Waals surface area contributed by atoms with Crippen LogP contribution in [0, 0.1) is 0 Å². The Labute approximate surface area is 164 Å². The highest BCUT2D eigenvalue weighted by molar-refractivity contribution is 5.82. The van der Waals surface area contributed by atoms with Gasteiger partial charge in [-0.2, -0.15) is 0 Å². The summed E-state index contributed by atoms with van der Waals surface area (Å²) in [5.74, 6) is 1.51. The molecule has 1 aromatic rings. The standard InChI is InChI=1S/C19H28N4O5/c1-4-28-19(25)23-9-7-22(8-10-23)18(24)16-12-15(20-21-16)14-11-13(26-2)5-6-17(14)27-3/h5-6,11,15-16,20-21H,4,7-10,12H2,1-3H3. The van der Waals surface area contributed by atoms with Crippen LogP contribution >= 0.6 is 0 Å². The molecule has 2 amide bonds. The van der Waals surface area contributed by atoms with E-state index in [1.807, 2.05) is 18.2 Å². The van der Waals surface area contributed by atoms with Gasteiger partial charge in [0.1, 0.15) is 17.5 Å². The maximum atomic E-state index is 12.9. The molecule has 2 unspecified atom stereocenters. The second-order valence-electron chi connectivity index (χ2n) is 6.75. The first-order chi connectivity index (χ1) is 13.6. The zero-order valence-electron chi connectivity index (χ0n) is 16.6. The first kappa shape index (κ1) is 20.2. The largest absolute Gasteiger partial charge is 0.497 e. The molecular weight excluding hydrogens is 364 g/mol. The number of ether oxygens (including phenoxy) is 3. The number of hydrogen-bond acceptors (Lipinski definition) is 7. The number of nitrogens with one attached hydrogen (secondary N) is 2. The molecule has 0 radical (unpaired) electrons. The minimum Gasteiger partial charge on any atom is -0.497 e. The molecule has 2 aliphatic rings. The number of carbonyl (C=O) groups is 2. The number of nitrogens with zero attached hydrogens (tertiary/aromatic N) is 2. The zero-order valence-corrected chi connectivity index (χ0v) is 16.6. The van der Waals surface area contributed by atoms with Crippen LogP contribution in [0.5, 0.6) is 11.5 Å². The summed E-state index contributed by atoms with van der Waals surface area (Å²) in [4.78, 5) is 28.1. The fourth-order valence-electron chi connectivity index (χ4n) is 3.58. The second-order valence-corrected chi connectivity index (χ2v) is 6.75. The van der Waals surface area contributed by atoms with E-state index in [2.05, 4.69) is 10.9 Å². The van der Waals surface area contributed by atoms with Gasteiger partial charge in [0.05, 0.1) is 26.9 Å². The number of piperazine rings is 1.